The number of aromatic hydroxyl groups is 1. The summed E-state index contributed by atoms with van der Waals surface area (Å²) in [6, 6.07) is 0.796. The van der Waals surface area contributed by atoms with Crippen LogP contribution in [0.5, 0.6) is 5.75 Å². The fraction of sp³-hybridized carbons (Fsp3) is 0.458. The van der Waals surface area contributed by atoms with Crippen LogP contribution >= 0.6 is 0 Å². The molecule has 4 N–H and O–H groups in total. The second-order valence-corrected chi connectivity index (χ2v) is 9.37. The molecule has 1 saturated carbocycles. The molecule has 8 heteroatoms. The molecular formula is C24H27NO7. The SMILES string of the molecule is CC(=O)C1=C(O)[C@@]2(O)C(=O)C3=C(O)c4c(O)c(C)cc(C)c4C[C@H]3C[C@H]2[C@H](N(C)C)C1=O. The zero-order valence-electron chi connectivity index (χ0n) is 18.7. The first-order chi connectivity index (χ1) is 14.8. The van der Waals surface area contributed by atoms with Crippen LogP contribution < -0.4 is 0 Å². The van der Waals surface area contributed by atoms with Crippen LogP contribution in [0.1, 0.15) is 35.6 Å². The minimum absolute atomic E-state index is 0.0992. The van der Waals surface area contributed by atoms with E-state index in [1.807, 2.05) is 6.92 Å². The van der Waals surface area contributed by atoms with E-state index in [4.69, 9.17) is 0 Å². The Hall–Kier alpha value is -2.97. The van der Waals surface area contributed by atoms with E-state index < -0.39 is 57.9 Å². The van der Waals surface area contributed by atoms with Crippen LogP contribution in [-0.2, 0) is 20.8 Å². The van der Waals surface area contributed by atoms with Crippen molar-refractivity contribution >= 4 is 23.1 Å². The third kappa shape index (κ3) is 2.66. The number of aliphatic hydroxyl groups is 3. The van der Waals surface area contributed by atoms with Crippen molar-refractivity contribution in [2.24, 2.45) is 11.8 Å². The number of Topliss-reactive ketones (excluding diaryl/α,β-unsaturated/α-hetero) is 3. The molecule has 0 amide bonds. The van der Waals surface area contributed by atoms with Crippen molar-refractivity contribution in [2.75, 3.05) is 14.1 Å². The van der Waals surface area contributed by atoms with Gasteiger partial charge in [-0.1, -0.05) is 6.07 Å². The third-order valence-corrected chi connectivity index (χ3v) is 7.24. The molecule has 1 aromatic rings. The van der Waals surface area contributed by atoms with Crippen LogP contribution in [0.2, 0.25) is 0 Å². The van der Waals surface area contributed by atoms with Gasteiger partial charge in [0.2, 0.25) is 5.78 Å². The van der Waals surface area contributed by atoms with Crippen LogP contribution in [0.3, 0.4) is 0 Å². The predicted octanol–water partition coefficient (Wildman–Crippen LogP) is 1.68. The summed E-state index contributed by atoms with van der Waals surface area (Å²) >= 11 is 0. The molecule has 0 heterocycles. The minimum atomic E-state index is -2.53. The summed E-state index contributed by atoms with van der Waals surface area (Å²) in [5, 5.41) is 44.1. The largest absolute Gasteiger partial charge is 0.508 e. The Labute approximate surface area is 185 Å². The predicted molar refractivity (Wildman–Crippen MR) is 115 cm³/mol. The summed E-state index contributed by atoms with van der Waals surface area (Å²) in [6.45, 7) is 4.62. The lowest BCUT2D eigenvalue weighted by Crippen LogP contribution is -2.65. The van der Waals surface area contributed by atoms with Crippen LogP contribution in [0, 0.1) is 25.7 Å². The number of benzene rings is 1. The molecule has 170 valence electrons. The maximum absolute atomic E-state index is 13.7. The fourth-order valence-corrected chi connectivity index (χ4v) is 5.77. The van der Waals surface area contributed by atoms with Crippen LogP contribution in [0.25, 0.3) is 5.76 Å². The summed E-state index contributed by atoms with van der Waals surface area (Å²) in [4.78, 5) is 40.5. The Balaban J connectivity index is 2.00. The molecule has 0 aromatic heterocycles. The van der Waals surface area contributed by atoms with Gasteiger partial charge in [-0.3, -0.25) is 19.3 Å². The second kappa shape index (κ2) is 7.02. The zero-order valence-corrected chi connectivity index (χ0v) is 18.7. The number of hydrogen-bond donors (Lipinski definition) is 4. The van der Waals surface area contributed by atoms with Crippen molar-refractivity contribution in [3.8, 4) is 5.75 Å². The number of rotatable bonds is 2. The number of nitrogens with zero attached hydrogens (tertiary/aromatic N) is 1. The molecule has 4 atom stereocenters. The van der Waals surface area contributed by atoms with Crippen molar-refractivity contribution in [3.63, 3.8) is 0 Å². The Morgan fingerprint density at radius 3 is 2.31 bits per heavy atom. The standard InChI is InChI=1S/C24H27NO7/c1-9-6-10(2)19(27)17-13(9)7-12-8-14-18(25(4)5)21(29)15(11(3)26)22(30)24(14,32)23(31)16(12)20(17)28/h6,12,14,18,27-28,30,32H,7-8H2,1-5H3/t12-,14-,18-,24+/m0/s1. The van der Waals surface area contributed by atoms with E-state index in [0.29, 0.717) is 17.5 Å². The lowest BCUT2D eigenvalue weighted by Gasteiger charge is -2.50. The molecule has 1 aromatic carbocycles. The van der Waals surface area contributed by atoms with Gasteiger partial charge in [-0.2, -0.15) is 0 Å². The number of hydrogen-bond acceptors (Lipinski definition) is 8. The van der Waals surface area contributed by atoms with Gasteiger partial charge < -0.3 is 20.4 Å². The van der Waals surface area contributed by atoms with Gasteiger partial charge in [0.1, 0.15) is 22.8 Å². The molecule has 3 aliphatic carbocycles. The first kappa shape index (κ1) is 22.2. The maximum atomic E-state index is 13.7. The average Bonchev–Trinajstić information content (AvgIpc) is 2.68. The van der Waals surface area contributed by atoms with Gasteiger partial charge in [0.25, 0.3) is 0 Å². The molecule has 8 nitrogen and oxygen atoms in total. The van der Waals surface area contributed by atoms with Crippen LogP contribution in [-0.4, -0.2) is 68.4 Å². The van der Waals surface area contributed by atoms with E-state index in [2.05, 4.69) is 0 Å². The topological polar surface area (TPSA) is 135 Å². The molecule has 1 fully saturated rings. The summed E-state index contributed by atoms with van der Waals surface area (Å²) < 4.78 is 0. The highest BCUT2D eigenvalue weighted by Crippen LogP contribution is 2.53. The van der Waals surface area contributed by atoms with E-state index >= 15 is 0 Å². The number of fused-ring (bicyclic) bond motifs is 3. The average molecular weight is 441 g/mol. The molecule has 0 aliphatic heterocycles. The van der Waals surface area contributed by atoms with Gasteiger partial charge in [0, 0.05) is 11.5 Å². The van der Waals surface area contributed by atoms with Gasteiger partial charge in [0.15, 0.2) is 17.2 Å². The Kier molecular flexibility index (Phi) is 4.87. The van der Waals surface area contributed by atoms with Crippen molar-refractivity contribution in [1.82, 2.24) is 4.90 Å². The summed E-state index contributed by atoms with van der Waals surface area (Å²) in [5.74, 6) is -5.42. The highest BCUT2D eigenvalue weighted by atomic mass is 16.3. The summed E-state index contributed by atoms with van der Waals surface area (Å²) in [7, 11) is 3.22. The Bertz CT molecular complexity index is 1160. The number of carbonyl (C=O) groups is 3. The third-order valence-electron chi connectivity index (χ3n) is 7.24. The van der Waals surface area contributed by atoms with Gasteiger partial charge in [0.05, 0.1) is 11.6 Å². The fourth-order valence-electron chi connectivity index (χ4n) is 5.77. The number of ketones is 3. The quantitative estimate of drug-likeness (QED) is 0.509. The van der Waals surface area contributed by atoms with Crippen molar-refractivity contribution in [1.29, 1.82) is 0 Å². The highest BCUT2D eigenvalue weighted by molar-refractivity contribution is 6.25. The van der Waals surface area contributed by atoms with Crippen LogP contribution in [0.15, 0.2) is 23.0 Å². The monoisotopic (exact) mass is 441 g/mol. The summed E-state index contributed by atoms with van der Waals surface area (Å²) in [6.07, 6.45) is 0.448. The molecule has 0 spiro atoms. The number of carbonyl (C=O) groups excluding carboxylic acids is 3. The first-order valence-corrected chi connectivity index (χ1v) is 10.5. The van der Waals surface area contributed by atoms with Gasteiger partial charge in [-0.25, -0.2) is 0 Å². The number of aryl methyl sites for hydroxylation is 2. The molecule has 0 saturated heterocycles. The molecule has 0 bridgehead atoms. The summed E-state index contributed by atoms with van der Waals surface area (Å²) in [5.41, 5.74) is -1.00. The maximum Gasteiger partial charge on any atom is 0.202 e. The Morgan fingerprint density at radius 1 is 1.12 bits per heavy atom. The number of likely N-dealkylation sites (N-methyl/N-ethyl adjacent to an activating group) is 1. The smallest absolute Gasteiger partial charge is 0.202 e. The van der Waals surface area contributed by atoms with Gasteiger partial charge >= 0.3 is 0 Å². The van der Waals surface area contributed by atoms with E-state index in [1.165, 1.54) is 4.90 Å². The molecule has 4 rings (SSSR count). The first-order valence-electron chi connectivity index (χ1n) is 10.5. The molecule has 32 heavy (non-hydrogen) atoms. The molecule has 0 radical (unpaired) electrons. The van der Waals surface area contributed by atoms with E-state index in [1.54, 1.807) is 27.1 Å². The number of aliphatic hydroxyl groups excluding tert-OH is 2. The Morgan fingerprint density at radius 2 is 1.75 bits per heavy atom. The van der Waals surface area contributed by atoms with Crippen molar-refractivity contribution in [2.45, 2.75) is 45.3 Å². The van der Waals surface area contributed by atoms with Crippen molar-refractivity contribution < 1.29 is 34.8 Å². The lowest BCUT2D eigenvalue weighted by molar-refractivity contribution is -0.153. The highest BCUT2D eigenvalue weighted by Gasteiger charge is 2.63. The van der Waals surface area contributed by atoms with Gasteiger partial charge in [-0.05, 0) is 70.3 Å². The molecular weight excluding hydrogens is 414 g/mol. The van der Waals surface area contributed by atoms with Crippen LogP contribution in [0.4, 0.5) is 0 Å². The lowest BCUT2D eigenvalue weighted by atomic mass is 9.57. The van der Waals surface area contributed by atoms with Crippen molar-refractivity contribution in [3.05, 3.63) is 45.2 Å². The van der Waals surface area contributed by atoms with E-state index in [0.717, 1.165) is 12.5 Å². The number of phenols is 1. The molecule has 0 unspecified atom stereocenters. The minimum Gasteiger partial charge on any atom is -0.508 e. The van der Waals surface area contributed by atoms with E-state index in [-0.39, 0.29) is 23.3 Å². The number of phenolic OH excluding ortho intramolecular Hbond substituents is 1. The second-order valence-electron chi connectivity index (χ2n) is 9.37. The zero-order chi connectivity index (χ0) is 23.9. The van der Waals surface area contributed by atoms with Gasteiger partial charge in [-0.15, -0.1) is 0 Å². The normalized spacial score (nSPS) is 29.8. The molecule has 3 aliphatic rings. The van der Waals surface area contributed by atoms with E-state index in [9.17, 15) is 34.8 Å².